The van der Waals surface area contributed by atoms with Crippen molar-refractivity contribution in [3.8, 4) is 0 Å². The molecule has 0 aromatic heterocycles. The molecule has 43 heavy (non-hydrogen) atoms. The van der Waals surface area contributed by atoms with Crippen LogP contribution in [0.1, 0.15) is 22.3 Å². The topological polar surface area (TPSA) is 101 Å². The normalized spacial score (nSPS) is 22.3. The van der Waals surface area contributed by atoms with Crippen molar-refractivity contribution < 1.29 is 36.7 Å². The average Bonchev–Trinajstić information content (AvgIpc) is 3.03. The van der Waals surface area contributed by atoms with Crippen LogP contribution < -0.4 is 0 Å². The van der Waals surface area contributed by atoms with Gasteiger partial charge in [-0.25, -0.2) is 0 Å². The molecule has 1 fully saturated rings. The molecule has 0 saturated carbocycles. The largest absolute Gasteiger partial charge is 0.374 e. The van der Waals surface area contributed by atoms with Crippen LogP contribution in [-0.2, 0) is 60.2 Å². The summed E-state index contributed by atoms with van der Waals surface area (Å²) in [5, 5.41) is 0. The van der Waals surface area contributed by atoms with Gasteiger partial charge in [0.25, 0.3) is 10.1 Å². The van der Waals surface area contributed by atoms with Gasteiger partial charge in [-0.15, -0.1) is 0 Å². The highest BCUT2D eigenvalue weighted by atomic mass is 32.2. The third-order valence-electron chi connectivity index (χ3n) is 7.13. The molecular weight excluding hydrogens is 568 g/mol. The smallest absolute Gasteiger partial charge is 0.295 e. The van der Waals surface area contributed by atoms with E-state index < -0.39 is 40.0 Å². The molecule has 0 bridgehead atoms. The van der Waals surface area contributed by atoms with Crippen molar-refractivity contribution in [2.75, 3.05) is 6.61 Å². The second-order valence-electron chi connectivity index (χ2n) is 10.3. The van der Waals surface area contributed by atoms with E-state index in [-0.39, 0.29) is 33.0 Å². The van der Waals surface area contributed by atoms with Crippen LogP contribution in [0.4, 0.5) is 0 Å². The Morgan fingerprint density at radius 3 is 1.33 bits per heavy atom. The van der Waals surface area contributed by atoms with E-state index in [1.165, 1.54) is 0 Å². The molecule has 1 N–H and O–H groups in total. The minimum Gasteiger partial charge on any atom is -0.374 e. The molecule has 0 unspecified atom stereocenters. The summed E-state index contributed by atoms with van der Waals surface area (Å²) in [5.74, 6) is 0. The first-order chi connectivity index (χ1) is 21.0. The maximum Gasteiger partial charge on any atom is 0.295 e. The summed E-state index contributed by atoms with van der Waals surface area (Å²) in [6, 6.07) is 38.1. The highest BCUT2D eigenvalue weighted by Gasteiger charge is 2.52. The van der Waals surface area contributed by atoms with Crippen LogP contribution in [0.3, 0.4) is 0 Å². The summed E-state index contributed by atoms with van der Waals surface area (Å²) in [6.45, 7) is 0.741. The van der Waals surface area contributed by atoms with Crippen molar-refractivity contribution in [3.05, 3.63) is 144 Å². The predicted molar refractivity (Wildman–Crippen MR) is 161 cm³/mol. The predicted octanol–water partition coefficient (Wildman–Crippen LogP) is 5.57. The van der Waals surface area contributed by atoms with Gasteiger partial charge in [0.1, 0.15) is 24.4 Å². The molecule has 0 spiro atoms. The summed E-state index contributed by atoms with van der Waals surface area (Å²) in [7, 11) is -4.73. The fourth-order valence-electron chi connectivity index (χ4n) is 4.99. The zero-order valence-corrected chi connectivity index (χ0v) is 24.5. The van der Waals surface area contributed by atoms with Crippen molar-refractivity contribution in [2.45, 2.75) is 56.3 Å². The van der Waals surface area contributed by atoms with E-state index >= 15 is 0 Å². The summed E-state index contributed by atoms with van der Waals surface area (Å²) in [4.78, 5) is 0. The zero-order chi connectivity index (χ0) is 29.9. The van der Waals surface area contributed by atoms with E-state index in [2.05, 4.69) is 0 Å². The van der Waals surface area contributed by atoms with Gasteiger partial charge in [0.2, 0.25) is 5.44 Å². The fraction of sp³-hybridized carbons (Fsp3) is 0.294. The van der Waals surface area contributed by atoms with E-state index in [9.17, 15) is 13.0 Å². The van der Waals surface area contributed by atoms with E-state index in [4.69, 9.17) is 23.7 Å². The quantitative estimate of drug-likeness (QED) is 0.187. The first-order valence-corrected chi connectivity index (χ1v) is 15.7. The lowest BCUT2D eigenvalue weighted by Gasteiger charge is -2.45. The van der Waals surface area contributed by atoms with Crippen LogP contribution in [0.5, 0.6) is 0 Å². The van der Waals surface area contributed by atoms with Gasteiger partial charge in [-0.1, -0.05) is 121 Å². The Hall–Kier alpha value is -3.41. The molecule has 4 aromatic rings. The van der Waals surface area contributed by atoms with Crippen molar-refractivity contribution in [2.24, 2.45) is 0 Å². The number of benzene rings is 4. The van der Waals surface area contributed by atoms with Crippen molar-refractivity contribution in [1.82, 2.24) is 0 Å². The van der Waals surface area contributed by atoms with Crippen LogP contribution >= 0.6 is 0 Å². The Labute approximate surface area is 252 Å². The van der Waals surface area contributed by atoms with E-state index in [0.29, 0.717) is 0 Å². The molecule has 1 aliphatic rings. The lowest BCUT2D eigenvalue weighted by Crippen LogP contribution is -2.62. The maximum atomic E-state index is 12.8. The first kappa shape index (κ1) is 31.0. The van der Waals surface area contributed by atoms with Crippen molar-refractivity contribution in [1.29, 1.82) is 0 Å². The van der Waals surface area contributed by atoms with Crippen LogP contribution in [0.25, 0.3) is 0 Å². The first-order valence-electron chi connectivity index (χ1n) is 14.2. The van der Waals surface area contributed by atoms with Crippen molar-refractivity contribution >= 4 is 10.1 Å². The highest BCUT2D eigenvalue weighted by molar-refractivity contribution is 7.86. The second kappa shape index (κ2) is 15.4. The van der Waals surface area contributed by atoms with E-state index in [0.717, 1.165) is 22.3 Å². The van der Waals surface area contributed by atoms with Crippen LogP contribution in [0.2, 0.25) is 0 Å². The molecule has 1 heterocycles. The summed E-state index contributed by atoms with van der Waals surface area (Å²) in [6.07, 6.45) is -3.82. The molecule has 5 rings (SSSR count). The van der Waals surface area contributed by atoms with E-state index in [1.807, 2.05) is 121 Å². The van der Waals surface area contributed by atoms with Gasteiger partial charge in [0, 0.05) is 0 Å². The Bertz CT molecular complexity index is 1470. The molecule has 226 valence electrons. The molecule has 0 aliphatic carbocycles. The molecule has 8 nitrogen and oxygen atoms in total. The summed E-state index contributed by atoms with van der Waals surface area (Å²) in [5.41, 5.74) is 1.87. The van der Waals surface area contributed by atoms with Crippen molar-refractivity contribution in [3.63, 3.8) is 0 Å². The lowest BCUT2D eigenvalue weighted by atomic mass is 9.98. The Morgan fingerprint density at radius 2 is 0.907 bits per heavy atom. The number of ether oxygens (including phenoxy) is 5. The second-order valence-corrected chi connectivity index (χ2v) is 11.8. The van der Waals surface area contributed by atoms with Gasteiger partial charge in [-0.2, -0.15) is 8.42 Å². The van der Waals surface area contributed by atoms with Crippen LogP contribution in [-0.4, -0.2) is 49.4 Å². The SMILES string of the molecule is O=S(=O)(O)[C@@H]1O[C@H](COCc2ccccc2)[C@@H](OCc2ccccc2)[C@H](OCc2ccccc2)[C@H]1OCc1ccccc1. The highest BCUT2D eigenvalue weighted by Crippen LogP contribution is 2.33. The van der Waals surface area contributed by atoms with Gasteiger partial charge >= 0.3 is 0 Å². The Morgan fingerprint density at radius 1 is 0.535 bits per heavy atom. The minimum atomic E-state index is -4.73. The molecule has 1 aliphatic heterocycles. The molecule has 4 aromatic carbocycles. The minimum absolute atomic E-state index is 0.00300. The average molecular weight is 605 g/mol. The summed E-state index contributed by atoms with van der Waals surface area (Å²) >= 11 is 0. The standard InChI is InChI=1S/C34H36O8S/c35-43(36,37)34-33(41-24-29-19-11-4-12-20-29)32(40-23-28-17-9-3-10-18-28)31(39-22-27-15-7-2-8-16-27)30(42-34)25-38-21-26-13-5-1-6-14-26/h1-20,30-34H,21-25H2,(H,35,36,37)/t30-,31-,32+,33-,34+/m1/s1. The van der Waals surface area contributed by atoms with Gasteiger partial charge in [-0.05, 0) is 22.3 Å². The third kappa shape index (κ3) is 9.04. The number of rotatable bonds is 14. The lowest BCUT2D eigenvalue weighted by molar-refractivity contribution is -0.257. The monoisotopic (exact) mass is 604 g/mol. The number of hydrogen-bond acceptors (Lipinski definition) is 7. The molecule has 1 saturated heterocycles. The Balaban J connectivity index is 1.45. The molecule has 0 amide bonds. The summed E-state index contributed by atoms with van der Waals surface area (Å²) < 4.78 is 67.1. The van der Waals surface area contributed by atoms with Gasteiger partial charge in [0.05, 0.1) is 33.0 Å². The van der Waals surface area contributed by atoms with Crippen LogP contribution in [0.15, 0.2) is 121 Å². The number of hydrogen-bond donors (Lipinski definition) is 1. The van der Waals surface area contributed by atoms with Crippen LogP contribution in [0, 0.1) is 0 Å². The zero-order valence-electron chi connectivity index (χ0n) is 23.7. The third-order valence-corrected chi connectivity index (χ3v) is 8.10. The molecular formula is C34H36O8S. The Kier molecular flexibility index (Phi) is 11.1. The molecule has 0 radical (unpaired) electrons. The van der Waals surface area contributed by atoms with E-state index in [1.54, 1.807) is 0 Å². The molecule has 9 heteroatoms. The van der Waals surface area contributed by atoms with Gasteiger partial charge < -0.3 is 23.7 Å². The van der Waals surface area contributed by atoms with Gasteiger partial charge in [-0.3, -0.25) is 4.55 Å². The maximum absolute atomic E-state index is 12.8. The van der Waals surface area contributed by atoms with Gasteiger partial charge in [0.15, 0.2) is 0 Å². The fourth-order valence-corrected chi connectivity index (χ4v) is 5.84. The molecule has 5 atom stereocenters.